The summed E-state index contributed by atoms with van der Waals surface area (Å²) in [6.07, 6.45) is 4.20. The summed E-state index contributed by atoms with van der Waals surface area (Å²) < 4.78 is 0. The van der Waals surface area contributed by atoms with Crippen LogP contribution in [0.4, 0.5) is 11.4 Å². The molecule has 3 rings (SSSR count). The minimum absolute atomic E-state index is 0.0627. The molecule has 0 unspecified atom stereocenters. The van der Waals surface area contributed by atoms with Gasteiger partial charge in [-0.25, -0.2) is 0 Å². The van der Waals surface area contributed by atoms with Crippen LogP contribution in [0.15, 0.2) is 73.1 Å². The number of nitrogens with one attached hydrogen (secondary N) is 2. The third-order valence-electron chi connectivity index (χ3n) is 4.05. The van der Waals surface area contributed by atoms with Crippen LogP contribution in [0.25, 0.3) is 0 Å². The molecule has 0 aliphatic heterocycles. The van der Waals surface area contributed by atoms with Crippen LogP contribution in [0, 0.1) is 6.92 Å². The summed E-state index contributed by atoms with van der Waals surface area (Å²) in [4.78, 5) is 28.4. The zero-order chi connectivity index (χ0) is 19.1. The fourth-order valence-corrected chi connectivity index (χ4v) is 2.72. The molecule has 0 atom stereocenters. The summed E-state index contributed by atoms with van der Waals surface area (Å²) in [5.41, 5.74) is 4.06. The molecule has 1 aromatic heterocycles. The van der Waals surface area contributed by atoms with Crippen molar-refractivity contribution in [2.45, 2.75) is 19.8 Å². The Morgan fingerprint density at radius 3 is 2.44 bits per heavy atom. The minimum atomic E-state index is -0.244. The number of aromatic nitrogens is 1. The molecule has 3 aromatic rings. The minimum Gasteiger partial charge on any atom is -0.326 e. The van der Waals surface area contributed by atoms with Crippen LogP contribution in [-0.2, 0) is 11.2 Å². The summed E-state index contributed by atoms with van der Waals surface area (Å²) in [5, 5.41) is 5.68. The molecule has 0 aliphatic rings. The quantitative estimate of drug-likeness (QED) is 0.692. The largest absolute Gasteiger partial charge is 0.326 e. The Hall–Kier alpha value is -3.47. The van der Waals surface area contributed by atoms with Gasteiger partial charge >= 0.3 is 0 Å². The maximum absolute atomic E-state index is 12.2. The summed E-state index contributed by atoms with van der Waals surface area (Å²) in [6, 6.07) is 18.6. The van der Waals surface area contributed by atoms with Gasteiger partial charge in [-0.3, -0.25) is 14.6 Å². The number of benzene rings is 2. The van der Waals surface area contributed by atoms with Gasteiger partial charge in [0.1, 0.15) is 0 Å². The highest BCUT2D eigenvalue weighted by atomic mass is 16.2. The van der Waals surface area contributed by atoms with Gasteiger partial charge in [-0.15, -0.1) is 0 Å². The van der Waals surface area contributed by atoms with E-state index in [-0.39, 0.29) is 11.8 Å². The molecule has 27 heavy (non-hydrogen) atoms. The molecule has 2 aromatic carbocycles. The number of nitrogens with zero attached hydrogens (tertiary/aromatic N) is 1. The van der Waals surface area contributed by atoms with Gasteiger partial charge < -0.3 is 10.6 Å². The number of aryl methyl sites for hydroxylation is 2. The lowest BCUT2D eigenvalue weighted by Crippen LogP contribution is -2.14. The number of pyridine rings is 1. The van der Waals surface area contributed by atoms with Gasteiger partial charge in [0.15, 0.2) is 0 Å². The zero-order valence-corrected chi connectivity index (χ0v) is 15.1. The number of carbonyl (C=O) groups is 2. The highest BCUT2D eigenvalue weighted by Gasteiger charge is 2.08. The van der Waals surface area contributed by atoms with Crippen molar-refractivity contribution in [3.8, 4) is 0 Å². The van der Waals surface area contributed by atoms with Crippen molar-refractivity contribution in [1.29, 1.82) is 0 Å². The molecule has 136 valence electrons. The van der Waals surface area contributed by atoms with Crippen molar-refractivity contribution >= 4 is 23.2 Å². The number of amides is 2. The Morgan fingerprint density at radius 1 is 0.926 bits per heavy atom. The topological polar surface area (TPSA) is 71.1 Å². The lowest BCUT2D eigenvalue weighted by molar-refractivity contribution is -0.116. The van der Waals surface area contributed by atoms with E-state index < -0.39 is 0 Å². The van der Waals surface area contributed by atoms with Crippen molar-refractivity contribution < 1.29 is 9.59 Å². The van der Waals surface area contributed by atoms with Crippen molar-refractivity contribution in [3.05, 3.63) is 89.7 Å². The lowest BCUT2D eigenvalue weighted by atomic mass is 10.1. The van der Waals surface area contributed by atoms with Gasteiger partial charge in [0.2, 0.25) is 5.91 Å². The fraction of sp³-hybridized carbons (Fsp3) is 0.136. The highest BCUT2D eigenvalue weighted by molar-refractivity contribution is 6.04. The van der Waals surface area contributed by atoms with E-state index in [1.54, 1.807) is 42.6 Å². The van der Waals surface area contributed by atoms with Crippen LogP contribution in [-0.4, -0.2) is 16.8 Å². The Labute approximate surface area is 158 Å². The number of hydrogen-bond donors (Lipinski definition) is 2. The van der Waals surface area contributed by atoms with Crippen molar-refractivity contribution in [2.75, 3.05) is 10.6 Å². The zero-order valence-electron chi connectivity index (χ0n) is 15.1. The first-order valence-electron chi connectivity index (χ1n) is 8.77. The Balaban J connectivity index is 1.57. The average molecular weight is 359 g/mol. The maximum Gasteiger partial charge on any atom is 0.257 e. The number of anilines is 2. The van der Waals surface area contributed by atoms with Gasteiger partial charge in [-0.2, -0.15) is 0 Å². The van der Waals surface area contributed by atoms with Crippen LogP contribution in [0.2, 0.25) is 0 Å². The van der Waals surface area contributed by atoms with Crippen LogP contribution in [0.3, 0.4) is 0 Å². The van der Waals surface area contributed by atoms with E-state index in [1.165, 1.54) is 11.8 Å². The van der Waals surface area contributed by atoms with E-state index in [0.717, 1.165) is 5.56 Å². The first kappa shape index (κ1) is 18.3. The third kappa shape index (κ3) is 5.51. The molecule has 2 amide bonds. The number of carbonyl (C=O) groups excluding carboxylic acids is 2. The monoisotopic (exact) mass is 359 g/mol. The van der Waals surface area contributed by atoms with Crippen molar-refractivity contribution in [2.24, 2.45) is 0 Å². The van der Waals surface area contributed by atoms with Gasteiger partial charge in [-0.1, -0.05) is 35.9 Å². The smallest absolute Gasteiger partial charge is 0.257 e. The second kappa shape index (κ2) is 8.76. The second-order valence-corrected chi connectivity index (χ2v) is 6.31. The molecule has 2 N–H and O–H groups in total. The average Bonchev–Trinajstić information content (AvgIpc) is 2.67. The van der Waals surface area contributed by atoms with E-state index >= 15 is 0 Å². The molecule has 0 fully saturated rings. The molecular formula is C22H21N3O2. The molecule has 0 spiro atoms. The van der Waals surface area contributed by atoms with E-state index in [1.807, 2.05) is 25.1 Å². The SMILES string of the molecule is Cc1cccc(CCC(=O)Nc2cccc(NC(=O)c3cccnc3)c2)c1. The predicted octanol–water partition coefficient (Wildman–Crippen LogP) is 4.21. The second-order valence-electron chi connectivity index (χ2n) is 6.31. The Kier molecular flexibility index (Phi) is 5.94. The molecule has 0 aliphatic carbocycles. The van der Waals surface area contributed by atoms with Crippen LogP contribution in [0.1, 0.15) is 27.9 Å². The molecule has 0 saturated heterocycles. The first-order chi connectivity index (χ1) is 13.1. The van der Waals surface area contributed by atoms with Gasteiger partial charge in [-0.05, 0) is 49.2 Å². The molecule has 1 heterocycles. The maximum atomic E-state index is 12.2. The molecular weight excluding hydrogens is 338 g/mol. The molecule has 5 nitrogen and oxygen atoms in total. The first-order valence-corrected chi connectivity index (χ1v) is 8.77. The van der Waals surface area contributed by atoms with Gasteiger partial charge in [0, 0.05) is 30.2 Å². The van der Waals surface area contributed by atoms with Crippen molar-refractivity contribution in [1.82, 2.24) is 4.98 Å². The lowest BCUT2D eigenvalue weighted by Gasteiger charge is -2.09. The summed E-state index contributed by atoms with van der Waals surface area (Å²) >= 11 is 0. The van der Waals surface area contributed by atoms with Crippen LogP contribution < -0.4 is 10.6 Å². The van der Waals surface area contributed by atoms with Crippen LogP contribution >= 0.6 is 0 Å². The third-order valence-corrected chi connectivity index (χ3v) is 4.05. The molecule has 0 saturated carbocycles. The van der Waals surface area contributed by atoms with E-state index in [4.69, 9.17) is 0 Å². The summed E-state index contributed by atoms with van der Waals surface area (Å²) in [5.74, 6) is -0.307. The van der Waals surface area contributed by atoms with Gasteiger partial charge in [0.05, 0.1) is 5.56 Å². The molecule has 0 radical (unpaired) electrons. The number of hydrogen-bond acceptors (Lipinski definition) is 3. The van der Waals surface area contributed by atoms with Crippen molar-refractivity contribution in [3.63, 3.8) is 0 Å². The van der Waals surface area contributed by atoms with Gasteiger partial charge in [0.25, 0.3) is 5.91 Å². The van der Waals surface area contributed by atoms with E-state index in [2.05, 4.69) is 21.7 Å². The molecule has 0 bridgehead atoms. The van der Waals surface area contributed by atoms with Crippen LogP contribution in [0.5, 0.6) is 0 Å². The van der Waals surface area contributed by atoms with E-state index in [9.17, 15) is 9.59 Å². The fourth-order valence-electron chi connectivity index (χ4n) is 2.72. The normalized spacial score (nSPS) is 10.3. The summed E-state index contributed by atoms with van der Waals surface area (Å²) in [6.45, 7) is 2.04. The Bertz CT molecular complexity index is 939. The Morgan fingerprint density at radius 2 is 1.70 bits per heavy atom. The van der Waals surface area contributed by atoms with E-state index in [0.29, 0.717) is 29.8 Å². The number of rotatable bonds is 6. The highest BCUT2D eigenvalue weighted by Crippen LogP contribution is 2.17. The molecule has 5 heteroatoms. The standard InChI is InChI=1S/C22H21N3O2/c1-16-5-2-6-17(13-16)10-11-21(26)24-19-8-3-9-20(14-19)25-22(27)18-7-4-12-23-15-18/h2-9,12-15H,10-11H2,1H3,(H,24,26)(H,25,27). The predicted molar refractivity (Wildman–Crippen MR) is 107 cm³/mol. The summed E-state index contributed by atoms with van der Waals surface area (Å²) in [7, 11) is 0.